The Morgan fingerprint density at radius 2 is 2.20 bits per heavy atom. The highest BCUT2D eigenvalue weighted by Gasteiger charge is 2.09. The van der Waals surface area contributed by atoms with Crippen LogP contribution in [0.15, 0.2) is 41.1 Å². The smallest absolute Gasteiger partial charge is 0.232 e. The summed E-state index contributed by atoms with van der Waals surface area (Å²) in [6.07, 6.45) is 0. The maximum absolute atomic E-state index is 12.0. The van der Waals surface area contributed by atoms with Gasteiger partial charge in [-0.2, -0.15) is 11.3 Å². The number of carbonyl (C=O) groups is 1. The summed E-state index contributed by atoms with van der Waals surface area (Å²) in [4.78, 5) is 13.8. The molecule has 1 amide bonds. The quantitative estimate of drug-likeness (QED) is 0.789. The minimum absolute atomic E-state index is 0.156. The summed E-state index contributed by atoms with van der Waals surface area (Å²) in [5, 5.41) is 4.84. The fourth-order valence-electron chi connectivity index (χ4n) is 1.74. The lowest BCUT2D eigenvalue weighted by Gasteiger charge is -2.16. The summed E-state index contributed by atoms with van der Waals surface area (Å²) in [5.41, 5.74) is 2.33. The van der Waals surface area contributed by atoms with E-state index in [1.165, 1.54) is 5.56 Å². The van der Waals surface area contributed by atoms with Crippen molar-refractivity contribution in [1.82, 2.24) is 4.90 Å². The molecule has 0 radical (unpaired) electrons. The molecule has 0 saturated carbocycles. The summed E-state index contributed by atoms with van der Waals surface area (Å²) in [5.74, 6) is 1.45. The monoisotopic (exact) mass is 325 g/mol. The van der Waals surface area contributed by atoms with Crippen LogP contribution in [-0.4, -0.2) is 23.6 Å². The fraction of sp³-hybridized carbons (Fsp3) is 0.267. The first kappa shape index (κ1) is 15.4. The maximum Gasteiger partial charge on any atom is 0.232 e. The molecule has 1 heterocycles. The number of nitrogens with zero attached hydrogens (tertiary/aromatic N) is 1. The number of hydrogen-bond acceptors (Lipinski definition) is 3. The highest BCUT2D eigenvalue weighted by atomic mass is 35.5. The van der Waals surface area contributed by atoms with Gasteiger partial charge in [0.15, 0.2) is 0 Å². The van der Waals surface area contributed by atoms with Gasteiger partial charge in [-0.15, -0.1) is 11.8 Å². The van der Waals surface area contributed by atoms with E-state index in [0.717, 1.165) is 16.3 Å². The topological polar surface area (TPSA) is 20.3 Å². The van der Waals surface area contributed by atoms with Crippen LogP contribution in [-0.2, 0) is 17.1 Å². The average molecular weight is 326 g/mol. The van der Waals surface area contributed by atoms with E-state index in [4.69, 9.17) is 11.6 Å². The van der Waals surface area contributed by atoms with Gasteiger partial charge in [0.1, 0.15) is 0 Å². The number of hydrogen-bond donors (Lipinski definition) is 0. The van der Waals surface area contributed by atoms with Crippen molar-refractivity contribution in [3.8, 4) is 0 Å². The zero-order valence-corrected chi connectivity index (χ0v) is 13.6. The molecule has 0 N–H and O–H groups in total. The molecule has 0 fully saturated rings. The zero-order chi connectivity index (χ0) is 14.4. The van der Waals surface area contributed by atoms with Gasteiger partial charge in [-0.25, -0.2) is 0 Å². The van der Waals surface area contributed by atoms with Gasteiger partial charge in [-0.05, 0) is 40.1 Å². The van der Waals surface area contributed by atoms with Crippen molar-refractivity contribution in [2.24, 2.45) is 0 Å². The number of halogens is 1. The molecule has 2 aromatic rings. The molecule has 0 aliphatic rings. The van der Waals surface area contributed by atoms with E-state index < -0.39 is 0 Å². The molecule has 0 aliphatic carbocycles. The second-order valence-corrected chi connectivity index (χ2v) is 6.71. The van der Waals surface area contributed by atoms with Crippen LogP contribution < -0.4 is 0 Å². The predicted molar refractivity (Wildman–Crippen MR) is 88.4 cm³/mol. The Balaban J connectivity index is 1.74. The van der Waals surface area contributed by atoms with Crippen LogP contribution in [0, 0.1) is 0 Å². The Bertz CT molecular complexity index is 557. The van der Waals surface area contributed by atoms with E-state index in [1.807, 2.05) is 42.8 Å². The summed E-state index contributed by atoms with van der Waals surface area (Å²) >= 11 is 9.20. The Morgan fingerprint density at radius 1 is 1.35 bits per heavy atom. The van der Waals surface area contributed by atoms with E-state index in [2.05, 4.69) is 5.38 Å². The standard InChI is InChI=1S/C15H16ClNOS2/c1-17(8-13-5-6-19-10-13)15(18)11-20-9-12-3-2-4-14(16)7-12/h2-7,10H,8-9,11H2,1H3. The predicted octanol–water partition coefficient (Wildman–Crippen LogP) is 4.29. The van der Waals surface area contributed by atoms with Crippen LogP contribution in [0.5, 0.6) is 0 Å². The molecular weight excluding hydrogens is 310 g/mol. The number of benzene rings is 1. The third-order valence-electron chi connectivity index (χ3n) is 2.81. The molecule has 106 valence electrons. The number of rotatable bonds is 6. The van der Waals surface area contributed by atoms with Crippen LogP contribution >= 0.6 is 34.7 Å². The largest absolute Gasteiger partial charge is 0.341 e. The van der Waals surface area contributed by atoms with Gasteiger partial charge in [0, 0.05) is 24.4 Å². The number of thioether (sulfide) groups is 1. The lowest BCUT2D eigenvalue weighted by atomic mass is 10.2. The van der Waals surface area contributed by atoms with E-state index in [9.17, 15) is 4.79 Å². The van der Waals surface area contributed by atoms with Gasteiger partial charge in [0.05, 0.1) is 5.75 Å². The molecule has 0 aliphatic heterocycles. The molecule has 0 spiro atoms. The molecule has 2 rings (SSSR count). The van der Waals surface area contributed by atoms with Crippen LogP contribution in [0.2, 0.25) is 5.02 Å². The summed E-state index contributed by atoms with van der Waals surface area (Å²) in [7, 11) is 1.85. The van der Waals surface area contributed by atoms with Gasteiger partial charge in [-0.1, -0.05) is 23.7 Å². The van der Waals surface area contributed by atoms with Crippen molar-refractivity contribution < 1.29 is 4.79 Å². The fourth-order valence-corrected chi connectivity index (χ4v) is 3.52. The summed E-state index contributed by atoms with van der Waals surface area (Å²) < 4.78 is 0. The lowest BCUT2D eigenvalue weighted by Crippen LogP contribution is -2.27. The second-order valence-electron chi connectivity index (χ2n) is 4.50. The zero-order valence-electron chi connectivity index (χ0n) is 11.2. The molecule has 20 heavy (non-hydrogen) atoms. The lowest BCUT2D eigenvalue weighted by molar-refractivity contribution is -0.127. The molecule has 1 aromatic carbocycles. The van der Waals surface area contributed by atoms with E-state index in [1.54, 1.807) is 28.0 Å². The molecule has 5 heteroatoms. The number of thiophene rings is 1. The Hall–Kier alpha value is -0.970. The third-order valence-corrected chi connectivity index (χ3v) is 4.76. The third kappa shape index (κ3) is 4.85. The maximum atomic E-state index is 12.0. The molecule has 0 saturated heterocycles. The van der Waals surface area contributed by atoms with Crippen molar-refractivity contribution in [1.29, 1.82) is 0 Å². The first-order valence-electron chi connectivity index (χ1n) is 6.22. The minimum Gasteiger partial charge on any atom is -0.341 e. The highest BCUT2D eigenvalue weighted by Crippen LogP contribution is 2.17. The van der Waals surface area contributed by atoms with Crippen LogP contribution in [0.1, 0.15) is 11.1 Å². The van der Waals surface area contributed by atoms with Gasteiger partial charge in [0.2, 0.25) is 5.91 Å². The Kier molecular flexibility index (Phi) is 5.95. The van der Waals surface area contributed by atoms with Crippen molar-refractivity contribution in [3.63, 3.8) is 0 Å². The van der Waals surface area contributed by atoms with Crippen LogP contribution in [0.4, 0.5) is 0 Å². The summed E-state index contributed by atoms with van der Waals surface area (Å²) in [6, 6.07) is 9.80. The van der Waals surface area contributed by atoms with Crippen LogP contribution in [0.3, 0.4) is 0 Å². The molecule has 1 aromatic heterocycles. The Morgan fingerprint density at radius 3 is 2.90 bits per heavy atom. The van der Waals surface area contributed by atoms with Crippen LogP contribution in [0.25, 0.3) is 0 Å². The second kappa shape index (κ2) is 7.72. The van der Waals surface area contributed by atoms with Crippen molar-refractivity contribution in [2.45, 2.75) is 12.3 Å². The number of carbonyl (C=O) groups excluding carboxylic acids is 1. The first-order valence-corrected chi connectivity index (χ1v) is 8.70. The number of amides is 1. The molecule has 0 atom stereocenters. The highest BCUT2D eigenvalue weighted by molar-refractivity contribution is 7.99. The van der Waals surface area contributed by atoms with E-state index in [0.29, 0.717) is 12.3 Å². The van der Waals surface area contributed by atoms with Gasteiger partial charge < -0.3 is 4.90 Å². The normalized spacial score (nSPS) is 10.5. The van der Waals surface area contributed by atoms with Crippen molar-refractivity contribution in [2.75, 3.05) is 12.8 Å². The van der Waals surface area contributed by atoms with Gasteiger partial charge in [-0.3, -0.25) is 4.79 Å². The molecular formula is C15H16ClNOS2. The molecule has 0 unspecified atom stereocenters. The Labute approximate surface area is 132 Å². The van der Waals surface area contributed by atoms with Crippen molar-refractivity contribution >= 4 is 40.6 Å². The molecule has 2 nitrogen and oxygen atoms in total. The first-order chi connectivity index (χ1) is 9.65. The summed E-state index contributed by atoms with van der Waals surface area (Å²) in [6.45, 7) is 0.681. The average Bonchev–Trinajstić information content (AvgIpc) is 2.91. The van der Waals surface area contributed by atoms with Crippen molar-refractivity contribution in [3.05, 3.63) is 57.2 Å². The molecule has 0 bridgehead atoms. The van der Waals surface area contributed by atoms with E-state index in [-0.39, 0.29) is 5.91 Å². The van der Waals surface area contributed by atoms with Gasteiger partial charge >= 0.3 is 0 Å². The van der Waals surface area contributed by atoms with Gasteiger partial charge in [0.25, 0.3) is 0 Å². The minimum atomic E-state index is 0.156. The SMILES string of the molecule is CN(Cc1ccsc1)C(=O)CSCc1cccc(Cl)c1. The van der Waals surface area contributed by atoms with E-state index >= 15 is 0 Å².